The third-order valence-corrected chi connectivity index (χ3v) is 6.40. The van der Waals surface area contributed by atoms with Gasteiger partial charge in [-0.2, -0.15) is 0 Å². The van der Waals surface area contributed by atoms with Gasteiger partial charge in [0.2, 0.25) is 0 Å². The summed E-state index contributed by atoms with van der Waals surface area (Å²) < 4.78 is 32.0. The number of esters is 1. The Labute approximate surface area is 176 Å². The van der Waals surface area contributed by atoms with E-state index < -0.39 is 25.5 Å². The number of hydrogen-bond donors (Lipinski definition) is 1. The van der Waals surface area contributed by atoms with Crippen LogP contribution in [0.3, 0.4) is 0 Å². The molecule has 0 bridgehead atoms. The largest absolute Gasteiger partial charge is 0.497 e. The minimum atomic E-state index is -3.20. The monoisotopic (exact) mass is 435 g/mol. The lowest BCUT2D eigenvalue weighted by Gasteiger charge is -2.17. The number of amides is 1. The molecule has 2 rings (SSSR count). The molecule has 0 saturated carbocycles. The van der Waals surface area contributed by atoms with Gasteiger partial charge in [-0.05, 0) is 35.4 Å². The lowest BCUT2D eigenvalue weighted by molar-refractivity contribution is -0.142. The van der Waals surface area contributed by atoms with Gasteiger partial charge in [-0.1, -0.05) is 24.3 Å². The first-order valence-electron chi connectivity index (χ1n) is 9.15. The number of benzene rings is 2. The van der Waals surface area contributed by atoms with Crippen LogP contribution in [-0.4, -0.2) is 46.4 Å². The zero-order chi connectivity index (χ0) is 22.1. The Morgan fingerprint density at radius 2 is 1.47 bits per heavy atom. The highest BCUT2D eigenvalue weighted by molar-refractivity contribution is 7.52. The fourth-order valence-corrected chi connectivity index (χ4v) is 3.83. The zero-order valence-electron chi connectivity index (χ0n) is 17.4. The fourth-order valence-electron chi connectivity index (χ4n) is 2.76. The van der Waals surface area contributed by atoms with E-state index >= 15 is 0 Å². The van der Waals surface area contributed by atoms with Crippen molar-refractivity contribution in [1.82, 2.24) is 5.32 Å². The Kier molecular flexibility index (Phi) is 8.59. The molecule has 8 nitrogen and oxygen atoms in total. The van der Waals surface area contributed by atoms with Crippen LogP contribution in [0.15, 0.2) is 48.5 Å². The molecule has 2 aromatic carbocycles. The molecular formula is C21H26NO7P. The minimum absolute atomic E-state index is 0.0875. The van der Waals surface area contributed by atoms with Crippen LogP contribution in [-0.2, 0) is 35.7 Å². The first-order chi connectivity index (χ1) is 14.3. The van der Waals surface area contributed by atoms with Gasteiger partial charge in [0.15, 0.2) is 0 Å². The van der Waals surface area contributed by atoms with E-state index in [2.05, 4.69) is 5.32 Å². The number of carbonyl (C=O) groups is 2. The quantitative estimate of drug-likeness (QED) is 0.452. The molecule has 0 fully saturated rings. The maximum Gasteiger partial charge on any atom is 0.334 e. The highest BCUT2D eigenvalue weighted by Crippen LogP contribution is 2.49. The molecule has 0 saturated heterocycles. The van der Waals surface area contributed by atoms with Crippen molar-refractivity contribution in [2.24, 2.45) is 0 Å². The summed E-state index contributed by atoms with van der Waals surface area (Å²) >= 11 is 0. The average molecular weight is 435 g/mol. The molecule has 0 radical (unpaired) electrons. The molecule has 0 heterocycles. The second-order valence-electron chi connectivity index (χ2n) is 6.43. The van der Waals surface area contributed by atoms with Gasteiger partial charge >= 0.3 is 13.6 Å². The van der Waals surface area contributed by atoms with Crippen molar-refractivity contribution in [1.29, 1.82) is 0 Å². The second-order valence-corrected chi connectivity index (χ2v) is 8.70. The number of ether oxygens (including phenoxy) is 2. The van der Waals surface area contributed by atoms with E-state index in [4.69, 9.17) is 18.5 Å². The number of rotatable bonds is 10. The van der Waals surface area contributed by atoms with Crippen LogP contribution in [0.25, 0.3) is 0 Å². The van der Waals surface area contributed by atoms with Crippen LogP contribution in [0, 0.1) is 0 Å². The summed E-state index contributed by atoms with van der Waals surface area (Å²) in [6.45, 7) is 0. The lowest BCUT2D eigenvalue weighted by Crippen LogP contribution is -2.43. The highest BCUT2D eigenvalue weighted by atomic mass is 31.2. The van der Waals surface area contributed by atoms with Crippen molar-refractivity contribution < 1.29 is 32.7 Å². The summed E-state index contributed by atoms with van der Waals surface area (Å²) in [4.78, 5) is 24.8. The maximum atomic E-state index is 12.6. The Morgan fingerprint density at radius 1 is 0.900 bits per heavy atom. The van der Waals surface area contributed by atoms with E-state index in [1.807, 2.05) is 12.1 Å². The Bertz CT molecular complexity index is 889. The van der Waals surface area contributed by atoms with Crippen molar-refractivity contribution in [3.05, 3.63) is 65.2 Å². The van der Waals surface area contributed by atoms with Gasteiger partial charge in [-0.25, -0.2) is 4.79 Å². The molecule has 0 spiro atoms. The molecule has 0 aromatic heterocycles. The fraction of sp³-hybridized carbons (Fsp3) is 0.333. The molecule has 9 heteroatoms. The Hall–Kier alpha value is -2.67. The van der Waals surface area contributed by atoms with Crippen LogP contribution in [0.4, 0.5) is 0 Å². The van der Waals surface area contributed by atoms with Gasteiger partial charge in [0.1, 0.15) is 11.8 Å². The highest BCUT2D eigenvalue weighted by Gasteiger charge is 2.24. The first-order valence-corrected chi connectivity index (χ1v) is 10.9. The number of methoxy groups -OCH3 is 2. The van der Waals surface area contributed by atoms with Gasteiger partial charge < -0.3 is 23.8 Å². The molecule has 1 amide bonds. The van der Waals surface area contributed by atoms with E-state index in [1.165, 1.54) is 21.3 Å². The summed E-state index contributed by atoms with van der Waals surface area (Å²) in [5.41, 5.74) is 1.89. The minimum Gasteiger partial charge on any atom is -0.497 e. The third-order valence-electron chi connectivity index (χ3n) is 4.54. The molecular weight excluding hydrogens is 409 g/mol. The molecule has 30 heavy (non-hydrogen) atoms. The van der Waals surface area contributed by atoms with Crippen molar-refractivity contribution in [3.8, 4) is 5.75 Å². The number of carbonyl (C=O) groups excluding carboxylic acids is 2. The van der Waals surface area contributed by atoms with Crippen LogP contribution in [0.5, 0.6) is 5.75 Å². The zero-order valence-corrected chi connectivity index (χ0v) is 18.3. The molecule has 2 aromatic rings. The summed E-state index contributed by atoms with van der Waals surface area (Å²) in [6, 6.07) is 12.8. The van der Waals surface area contributed by atoms with Gasteiger partial charge in [-0.3, -0.25) is 9.36 Å². The van der Waals surface area contributed by atoms with Crippen LogP contribution in [0.1, 0.15) is 21.5 Å². The molecule has 162 valence electrons. The van der Waals surface area contributed by atoms with Crippen molar-refractivity contribution in [3.63, 3.8) is 0 Å². The van der Waals surface area contributed by atoms with E-state index in [-0.39, 0.29) is 12.6 Å². The van der Waals surface area contributed by atoms with Crippen molar-refractivity contribution >= 4 is 19.5 Å². The predicted octanol–water partition coefficient (Wildman–Crippen LogP) is 3.20. The molecule has 0 aliphatic carbocycles. The topological polar surface area (TPSA) is 100 Å². The summed E-state index contributed by atoms with van der Waals surface area (Å²) in [7, 11) is 2.29. The molecule has 0 unspecified atom stereocenters. The Morgan fingerprint density at radius 3 is 1.97 bits per heavy atom. The SMILES string of the molecule is COC(=O)[C@@H](Cc1ccc(OC)cc1)NC(=O)c1ccc(CP(=O)(OC)OC)cc1. The van der Waals surface area contributed by atoms with E-state index in [0.29, 0.717) is 16.9 Å². The molecule has 0 aliphatic rings. The predicted molar refractivity (Wildman–Crippen MR) is 112 cm³/mol. The van der Waals surface area contributed by atoms with Crippen molar-refractivity contribution in [2.75, 3.05) is 28.4 Å². The van der Waals surface area contributed by atoms with Gasteiger partial charge in [-0.15, -0.1) is 0 Å². The van der Waals surface area contributed by atoms with Crippen LogP contribution in [0.2, 0.25) is 0 Å². The Balaban J connectivity index is 2.09. The van der Waals surface area contributed by atoms with Gasteiger partial charge in [0, 0.05) is 26.2 Å². The third kappa shape index (κ3) is 6.42. The lowest BCUT2D eigenvalue weighted by atomic mass is 10.0. The smallest absolute Gasteiger partial charge is 0.334 e. The van der Waals surface area contributed by atoms with Gasteiger partial charge in [0.25, 0.3) is 5.91 Å². The molecule has 0 aliphatic heterocycles. The second kappa shape index (κ2) is 10.9. The molecule has 1 N–H and O–H groups in total. The van der Waals surface area contributed by atoms with E-state index in [0.717, 1.165) is 5.56 Å². The first kappa shape index (κ1) is 23.6. The van der Waals surface area contributed by atoms with Gasteiger partial charge in [0.05, 0.1) is 20.4 Å². The van der Waals surface area contributed by atoms with Crippen LogP contribution < -0.4 is 10.1 Å². The number of hydrogen-bond acceptors (Lipinski definition) is 7. The standard InChI is InChI=1S/C21H26NO7P/c1-26-18-11-7-15(8-12-18)13-19(21(24)27-2)22-20(23)17-9-5-16(6-10-17)14-30(25,28-3)29-4/h5-12,19H,13-14H2,1-4H3,(H,22,23)/t19-/m1/s1. The average Bonchev–Trinajstić information content (AvgIpc) is 2.78. The van der Waals surface area contributed by atoms with E-state index in [9.17, 15) is 14.2 Å². The van der Waals surface area contributed by atoms with E-state index in [1.54, 1.807) is 43.5 Å². The van der Waals surface area contributed by atoms with Crippen molar-refractivity contribution in [2.45, 2.75) is 18.6 Å². The summed E-state index contributed by atoms with van der Waals surface area (Å²) in [5, 5.41) is 2.70. The maximum absolute atomic E-state index is 12.6. The normalized spacial score (nSPS) is 12.1. The molecule has 1 atom stereocenters. The van der Waals surface area contributed by atoms with Crippen LogP contribution >= 0.6 is 7.60 Å². The number of nitrogens with one attached hydrogen (secondary N) is 1. The summed E-state index contributed by atoms with van der Waals surface area (Å²) in [6.07, 6.45) is 0.357. The summed E-state index contributed by atoms with van der Waals surface area (Å²) in [5.74, 6) is -0.270.